The van der Waals surface area contributed by atoms with Gasteiger partial charge in [-0.2, -0.15) is 18.4 Å². The van der Waals surface area contributed by atoms with Gasteiger partial charge < -0.3 is 15.5 Å². The van der Waals surface area contributed by atoms with E-state index >= 15 is 0 Å². The number of nitrogens with zero attached hydrogens (tertiary/aromatic N) is 1. The molecular formula is C12H9F3N2O4. The molecule has 1 rings (SSSR count). The molecule has 1 unspecified atom stereocenters. The molecule has 0 fully saturated rings. The molecular weight excluding hydrogens is 293 g/mol. The van der Waals surface area contributed by atoms with Crippen LogP contribution >= 0.6 is 0 Å². The molecule has 0 aromatic heterocycles. The van der Waals surface area contributed by atoms with E-state index in [4.69, 9.17) is 15.5 Å². The molecule has 1 aromatic carbocycles. The number of benzene rings is 1. The largest absolute Gasteiger partial charge is 0.481 e. The number of rotatable bonds is 5. The Morgan fingerprint density at radius 1 is 1.33 bits per heavy atom. The highest BCUT2D eigenvalue weighted by Gasteiger charge is 2.31. The zero-order chi connectivity index (χ0) is 16.2. The van der Waals surface area contributed by atoms with Crippen molar-refractivity contribution in [2.45, 2.75) is 18.6 Å². The maximum Gasteiger partial charge on any atom is 0.416 e. The van der Waals surface area contributed by atoms with Gasteiger partial charge in [-0.05, 0) is 18.2 Å². The van der Waals surface area contributed by atoms with Crippen molar-refractivity contribution in [1.29, 1.82) is 5.26 Å². The second-order valence-electron chi connectivity index (χ2n) is 4.00. The monoisotopic (exact) mass is 302 g/mol. The minimum absolute atomic E-state index is 0.181. The van der Waals surface area contributed by atoms with E-state index in [0.29, 0.717) is 12.1 Å². The number of anilines is 1. The van der Waals surface area contributed by atoms with Crippen LogP contribution in [0, 0.1) is 11.3 Å². The van der Waals surface area contributed by atoms with Crippen LogP contribution in [0.3, 0.4) is 0 Å². The molecule has 0 amide bonds. The summed E-state index contributed by atoms with van der Waals surface area (Å²) in [7, 11) is 0. The number of nitrogens with one attached hydrogen (secondary N) is 1. The van der Waals surface area contributed by atoms with Gasteiger partial charge in [0.25, 0.3) is 0 Å². The number of nitriles is 1. The number of aliphatic carboxylic acids is 2. The van der Waals surface area contributed by atoms with Gasteiger partial charge in [0.2, 0.25) is 0 Å². The van der Waals surface area contributed by atoms with E-state index in [-0.39, 0.29) is 5.69 Å². The lowest BCUT2D eigenvalue weighted by atomic mass is 10.1. The third-order valence-electron chi connectivity index (χ3n) is 2.47. The van der Waals surface area contributed by atoms with Gasteiger partial charge in [0.1, 0.15) is 12.1 Å². The Morgan fingerprint density at radius 3 is 2.38 bits per heavy atom. The molecule has 6 nitrogen and oxygen atoms in total. The first-order valence-corrected chi connectivity index (χ1v) is 5.47. The molecule has 0 aliphatic rings. The van der Waals surface area contributed by atoms with Gasteiger partial charge in [-0.15, -0.1) is 0 Å². The van der Waals surface area contributed by atoms with Crippen molar-refractivity contribution in [3.05, 3.63) is 29.3 Å². The lowest BCUT2D eigenvalue weighted by molar-refractivity contribution is -0.144. The summed E-state index contributed by atoms with van der Waals surface area (Å²) in [5.41, 5.74) is -1.67. The highest BCUT2D eigenvalue weighted by molar-refractivity contribution is 5.84. The number of hydrogen-bond donors (Lipinski definition) is 3. The van der Waals surface area contributed by atoms with Crippen LogP contribution in [0.1, 0.15) is 17.5 Å². The van der Waals surface area contributed by atoms with E-state index in [0.717, 1.165) is 6.07 Å². The molecule has 0 saturated heterocycles. The fraction of sp³-hybridized carbons (Fsp3) is 0.250. The zero-order valence-corrected chi connectivity index (χ0v) is 10.3. The number of carboxylic acids is 2. The number of carboxylic acid groups (broad SMARTS) is 2. The van der Waals surface area contributed by atoms with Crippen LogP contribution in [0.15, 0.2) is 18.2 Å². The first-order chi connectivity index (χ1) is 9.65. The second-order valence-corrected chi connectivity index (χ2v) is 4.00. The van der Waals surface area contributed by atoms with Crippen molar-refractivity contribution in [1.82, 2.24) is 0 Å². The minimum atomic E-state index is -4.64. The molecule has 1 aromatic rings. The summed E-state index contributed by atoms with van der Waals surface area (Å²) in [6.07, 6.45) is -5.43. The summed E-state index contributed by atoms with van der Waals surface area (Å²) < 4.78 is 37.5. The van der Waals surface area contributed by atoms with Crippen LogP contribution in [0.25, 0.3) is 0 Å². The Kier molecular flexibility index (Phi) is 4.75. The van der Waals surface area contributed by atoms with Gasteiger partial charge in [-0.25, -0.2) is 4.79 Å². The Labute approximate surface area is 116 Å². The Morgan fingerprint density at radius 2 is 1.95 bits per heavy atom. The number of carbonyl (C=O) groups is 2. The number of alkyl halides is 3. The highest BCUT2D eigenvalue weighted by Crippen LogP contribution is 2.31. The van der Waals surface area contributed by atoms with E-state index in [1.807, 2.05) is 0 Å². The highest BCUT2D eigenvalue weighted by atomic mass is 19.4. The standard InChI is InChI=1S/C12H9F3N2O4/c13-12(14,15)7-1-2-8(6(3-7)5-16)17-9(11(20)21)4-10(18)19/h1-3,9,17H,4H2,(H,18,19)(H,20,21). The summed E-state index contributed by atoms with van der Waals surface area (Å²) in [4.78, 5) is 21.4. The number of hydrogen-bond acceptors (Lipinski definition) is 4. The maximum absolute atomic E-state index is 12.5. The molecule has 21 heavy (non-hydrogen) atoms. The van der Waals surface area contributed by atoms with Crippen LogP contribution in [0.4, 0.5) is 18.9 Å². The summed E-state index contributed by atoms with van der Waals surface area (Å²) in [5, 5.41) is 28.5. The molecule has 3 N–H and O–H groups in total. The van der Waals surface area contributed by atoms with Gasteiger partial charge in [0.15, 0.2) is 0 Å². The molecule has 112 valence electrons. The van der Waals surface area contributed by atoms with Gasteiger partial charge in [0, 0.05) is 0 Å². The Hall–Kier alpha value is -2.76. The summed E-state index contributed by atoms with van der Waals surface area (Å²) in [6.45, 7) is 0. The molecule has 0 radical (unpaired) electrons. The molecule has 0 saturated carbocycles. The van der Waals surface area contributed by atoms with Crippen LogP contribution in [-0.2, 0) is 15.8 Å². The fourth-order valence-corrected chi connectivity index (χ4v) is 1.50. The molecule has 0 aliphatic carbocycles. The lowest BCUT2D eigenvalue weighted by Gasteiger charge is -2.16. The normalized spacial score (nSPS) is 12.3. The predicted molar refractivity (Wildman–Crippen MR) is 63.5 cm³/mol. The minimum Gasteiger partial charge on any atom is -0.481 e. The first-order valence-electron chi connectivity index (χ1n) is 5.47. The molecule has 0 spiro atoms. The number of halogens is 3. The summed E-state index contributed by atoms with van der Waals surface area (Å²) in [6, 6.07) is 2.05. The molecule has 0 heterocycles. The van der Waals surface area contributed by atoms with Crippen molar-refractivity contribution in [3.63, 3.8) is 0 Å². The first kappa shape index (κ1) is 16.3. The quantitative estimate of drug-likeness (QED) is 0.766. The molecule has 0 bridgehead atoms. The van der Waals surface area contributed by atoms with E-state index in [2.05, 4.69) is 5.32 Å². The van der Waals surface area contributed by atoms with Crippen molar-refractivity contribution < 1.29 is 33.0 Å². The van der Waals surface area contributed by atoms with Crippen molar-refractivity contribution in [3.8, 4) is 6.07 Å². The van der Waals surface area contributed by atoms with Gasteiger partial charge in [0.05, 0.1) is 23.2 Å². The molecule has 9 heteroatoms. The lowest BCUT2D eigenvalue weighted by Crippen LogP contribution is -2.32. The van der Waals surface area contributed by atoms with E-state index < -0.39 is 41.7 Å². The average molecular weight is 302 g/mol. The summed E-state index contributed by atoms with van der Waals surface area (Å²) >= 11 is 0. The van der Waals surface area contributed by atoms with E-state index in [1.165, 1.54) is 6.07 Å². The fourth-order valence-electron chi connectivity index (χ4n) is 1.50. The van der Waals surface area contributed by atoms with Crippen molar-refractivity contribution in [2.75, 3.05) is 5.32 Å². The van der Waals surface area contributed by atoms with E-state index in [1.54, 1.807) is 0 Å². The predicted octanol–water partition coefficient (Wildman–Crippen LogP) is 1.92. The smallest absolute Gasteiger partial charge is 0.416 e. The van der Waals surface area contributed by atoms with Gasteiger partial charge >= 0.3 is 18.1 Å². The van der Waals surface area contributed by atoms with Gasteiger partial charge in [-0.1, -0.05) is 0 Å². The maximum atomic E-state index is 12.5. The summed E-state index contributed by atoms with van der Waals surface area (Å²) in [5.74, 6) is -2.90. The van der Waals surface area contributed by atoms with Crippen LogP contribution < -0.4 is 5.32 Å². The van der Waals surface area contributed by atoms with Gasteiger partial charge in [-0.3, -0.25) is 4.79 Å². The SMILES string of the molecule is N#Cc1cc(C(F)(F)F)ccc1NC(CC(=O)O)C(=O)O. The third-order valence-corrected chi connectivity index (χ3v) is 2.47. The molecule has 1 atom stereocenters. The second kappa shape index (κ2) is 6.13. The average Bonchev–Trinajstić information content (AvgIpc) is 2.36. The van der Waals surface area contributed by atoms with Crippen molar-refractivity contribution in [2.24, 2.45) is 0 Å². The van der Waals surface area contributed by atoms with Crippen LogP contribution in [0.5, 0.6) is 0 Å². The van der Waals surface area contributed by atoms with Crippen LogP contribution in [0.2, 0.25) is 0 Å². The topological polar surface area (TPSA) is 110 Å². The van der Waals surface area contributed by atoms with Crippen LogP contribution in [-0.4, -0.2) is 28.2 Å². The third kappa shape index (κ3) is 4.38. The zero-order valence-electron chi connectivity index (χ0n) is 10.3. The Balaban J connectivity index is 3.11. The van der Waals surface area contributed by atoms with Crippen molar-refractivity contribution >= 4 is 17.6 Å². The van der Waals surface area contributed by atoms with E-state index in [9.17, 15) is 22.8 Å². The molecule has 0 aliphatic heterocycles. The Bertz CT molecular complexity index is 608.